The molecule has 2 rings (SSSR count). The molecule has 0 saturated heterocycles. The lowest BCUT2D eigenvalue weighted by Crippen LogP contribution is -2.29. The van der Waals surface area contributed by atoms with Crippen LogP contribution in [0, 0.1) is 5.92 Å². The highest BCUT2D eigenvalue weighted by Gasteiger charge is 2.18. The first-order chi connectivity index (χ1) is 7.29. The number of rotatable bonds is 4. The fourth-order valence-electron chi connectivity index (χ4n) is 1.98. The summed E-state index contributed by atoms with van der Waals surface area (Å²) in [6, 6.07) is 7.78. The van der Waals surface area contributed by atoms with E-state index in [-0.39, 0.29) is 0 Å². The minimum atomic E-state index is 0.746. The Hall–Kier alpha value is -1.31. The van der Waals surface area contributed by atoms with E-state index in [1.165, 1.54) is 24.9 Å². The molecule has 1 aliphatic carbocycles. The van der Waals surface area contributed by atoms with Crippen molar-refractivity contribution in [1.82, 2.24) is 0 Å². The predicted molar refractivity (Wildman–Crippen MR) is 62.4 cm³/mol. The van der Waals surface area contributed by atoms with Gasteiger partial charge in [0.1, 0.15) is 6.29 Å². The molecule has 0 heterocycles. The Labute approximate surface area is 90.9 Å². The smallest absolute Gasteiger partial charge is 0.150 e. The van der Waals surface area contributed by atoms with Crippen molar-refractivity contribution in [2.45, 2.75) is 19.3 Å². The highest BCUT2D eigenvalue weighted by atomic mass is 16.1. The molecule has 0 N–H and O–H groups in total. The molecule has 15 heavy (non-hydrogen) atoms. The molecular weight excluding hydrogens is 186 g/mol. The second kappa shape index (κ2) is 4.47. The number of carbonyl (C=O) groups excluding carboxylic acids is 1. The van der Waals surface area contributed by atoms with E-state index >= 15 is 0 Å². The largest absolute Gasteiger partial charge is 0.374 e. The Bertz CT molecular complexity index is 327. The summed E-state index contributed by atoms with van der Waals surface area (Å²) in [4.78, 5) is 12.8. The van der Waals surface area contributed by atoms with Gasteiger partial charge >= 0.3 is 0 Å². The number of anilines is 1. The second-order valence-corrected chi connectivity index (χ2v) is 4.39. The van der Waals surface area contributed by atoms with E-state index in [2.05, 4.69) is 11.9 Å². The van der Waals surface area contributed by atoms with Crippen LogP contribution in [0.2, 0.25) is 0 Å². The molecule has 2 heteroatoms. The highest BCUT2D eigenvalue weighted by molar-refractivity contribution is 5.75. The number of hydrogen-bond acceptors (Lipinski definition) is 2. The van der Waals surface area contributed by atoms with Gasteiger partial charge in [0, 0.05) is 24.8 Å². The van der Waals surface area contributed by atoms with Crippen molar-refractivity contribution in [3.8, 4) is 0 Å². The molecule has 0 amide bonds. The first kappa shape index (κ1) is 10.2. The summed E-state index contributed by atoms with van der Waals surface area (Å²) in [6.45, 7) is 1.14. The molecule has 0 radical (unpaired) electrons. The topological polar surface area (TPSA) is 20.3 Å². The van der Waals surface area contributed by atoms with Crippen molar-refractivity contribution < 1.29 is 4.79 Å². The summed E-state index contributed by atoms with van der Waals surface area (Å²) in [5.74, 6) is 0.876. The van der Waals surface area contributed by atoms with E-state index < -0.39 is 0 Å². The normalized spacial score (nSPS) is 15.8. The van der Waals surface area contributed by atoms with Gasteiger partial charge < -0.3 is 4.90 Å². The number of hydrogen-bond donors (Lipinski definition) is 0. The van der Waals surface area contributed by atoms with Gasteiger partial charge in [0.2, 0.25) is 0 Å². The van der Waals surface area contributed by atoms with E-state index in [1.54, 1.807) is 0 Å². The fraction of sp³-hybridized carbons (Fsp3) is 0.462. The molecular formula is C13H17NO. The van der Waals surface area contributed by atoms with Crippen LogP contribution in [-0.2, 0) is 0 Å². The van der Waals surface area contributed by atoms with Crippen LogP contribution in [0.3, 0.4) is 0 Å². The number of nitrogens with zero attached hydrogens (tertiary/aromatic N) is 1. The van der Waals surface area contributed by atoms with Gasteiger partial charge in [-0.2, -0.15) is 0 Å². The molecule has 80 valence electrons. The lowest BCUT2D eigenvalue weighted by Gasteiger charge is -2.31. The molecule has 1 aliphatic rings. The van der Waals surface area contributed by atoms with E-state index in [0.717, 1.165) is 24.3 Å². The third-order valence-corrected chi connectivity index (χ3v) is 3.23. The zero-order valence-corrected chi connectivity index (χ0v) is 9.15. The van der Waals surface area contributed by atoms with Crippen molar-refractivity contribution in [3.63, 3.8) is 0 Å². The zero-order valence-electron chi connectivity index (χ0n) is 9.15. The summed E-state index contributed by atoms with van der Waals surface area (Å²) < 4.78 is 0. The summed E-state index contributed by atoms with van der Waals surface area (Å²) in [5.41, 5.74) is 1.95. The van der Waals surface area contributed by atoms with E-state index in [0.29, 0.717) is 0 Å². The van der Waals surface area contributed by atoms with Gasteiger partial charge in [0.15, 0.2) is 0 Å². The number of carbonyl (C=O) groups is 1. The van der Waals surface area contributed by atoms with E-state index in [9.17, 15) is 4.79 Å². The van der Waals surface area contributed by atoms with Crippen LogP contribution in [-0.4, -0.2) is 19.9 Å². The van der Waals surface area contributed by atoms with Gasteiger partial charge in [0.25, 0.3) is 0 Å². The summed E-state index contributed by atoms with van der Waals surface area (Å²) in [5, 5.41) is 0. The zero-order chi connectivity index (χ0) is 10.7. The molecule has 0 aliphatic heterocycles. The van der Waals surface area contributed by atoms with Crippen LogP contribution in [0.5, 0.6) is 0 Å². The fourth-order valence-corrected chi connectivity index (χ4v) is 1.98. The predicted octanol–water partition coefficient (Wildman–Crippen LogP) is 2.74. The van der Waals surface area contributed by atoms with Crippen LogP contribution in [0.25, 0.3) is 0 Å². The summed E-state index contributed by atoms with van der Waals surface area (Å²) in [7, 11) is 2.12. The van der Waals surface area contributed by atoms with Crippen LogP contribution in [0.4, 0.5) is 5.69 Å². The average Bonchev–Trinajstić information content (AvgIpc) is 2.23. The Morgan fingerprint density at radius 2 is 2.00 bits per heavy atom. The van der Waals surface area contributed by atoms with E-state index in [4.69, 9.17) is 0 Å². The average molecular weight is 203 g/mol. The molecule has 1 aromatic carbocycles. The molecule has 0 spiro atoms. The SMILES string of the molecule is CN(CC1CCC1)c1ccc(C=O)cc1. The van der Waals surface area contributed by atoms with Gasteiger partial charge in [-0.25, -0.2) is 0 Å². The van der Waals surface area contributed by atoms with Crippen LogP contribution >= 0.6 is 0 Å². The van der Waals surface area contributed by atoms with E-state index in [1.807, 2.05) is 24.3 Å². The van der Waals surface area contributed by atoms with Gasteiger partial charge in [-0.15, -0.1) is 0 Å². The molecule has 1 fully saturated rings. The second-order valence-electron chi connectivity index (χ2n) is 4.39. The van der Waals surface area contributed by atoms with Crippen molar-refractivity contribution in [2.75, 3.05) is 18.5 Å². The Balaban J connectivity index is 1.97. The third kappa shape index (κ3) is 2.38. The monoisotopic (exact) mass is 203 g/mol. The van der Waals surface area contributed by atoms with Crippen molar-refractivity contribution in [1.29, 1.82) is 0 Å². The number of aldehydes is 1. The Kier molecular flexibility index (Phi) is 3.05. The molecule has 0 unspecified atom stereocenters. The summed E-state index contributed by atoms with van der Waals surface area (Å²) >= 11 is 0. The quantitative estimate of drug-likeness (QED) is 0.701. The van der Waals surface area contributed by atoms with Crippen LogP contribution in [0.15, 0.2) is 24.3 Å². The maximum atomic E-state index is 10.5. The standard InChI is InChI=1S/C13H17NO/c1-14(9-11-3-2-4-11)13-7-5-12(10-15)6-8-13/h5-8,10-11H,2-4,9H2,1H3. The Morgan fingerprint density at radius 3 is 2.47 bits per heavy atom. The highest BCUT2D eigenvalue weighted by Crippen LogP contribution is 2.28. The lowest BCUT2D eigenvalue weighted by atomic mass is 9.85. The first-order valence-electron chi connectivity index (χ1n) is 5.56. The molecule has 0 atom stereocenters. The molecule has 2 nitrogen and oxygen atoms in total. The van der Waals surface area contributed by atoms with Gasteiger partial charge in [-0.05, 0) is 43.0 Å². The van der Waals surface area contributed by atoms with Gasteiger partial charge in [-0.3, -0.25) is 4.79 Å². The van der Waals surface area contributed by atoms with Crippen LogP contribution in [0.1, 0.15) is 29.6 Å². The van der Waals surface area contributed by atoms with Gasteiger partial charge in [0.05, 0.1) is 0 Å². The molecule has 1 saturated carbocycles. The summed E-state index contributed by atoms with van der Waals surface area (Å²) in [6.07, 6.45) is 5.02. The van der Waals surface area contributed by atoms with Gasteiger partial charge in [-0.1, -0.05) is 6.42 Å². The maximum absolute atomic E-state index is 10.5. The molecule has 0 bridgehead atoms. The minimum absolute atomic E-state index is 0.746. The van der Waals surface area contributed by atoms with Crippen molar-refractivity contribution >= 4 is 12.0 Å². The first-order valence-corrected chi connectivity index (χ1v) is 5.56. The van der Waals surface area contributed by atoms with Crippen molar-refractivity contribution in [2.24, 2.45) is 5.92 Å². The maximum Gasteiger partial charge on any atom is 0.150 e. The minimum Gasteiger partial charge on any atom is -0.374 e. The molecule has 0 aromatic heterocycles. The number of benzene rings is 1. The van der Waals surface area contributed by atoms with Crippen molar-refractivity contribution in [3.05, 3.63) is 29.8 Å². The third-order valence-electron chi connectivity index (χ3n) is 3.23. The Morgan fingerprint density at radius 1 is 1.33 bits per heavy atom. The lowest BCUT2D eigenvalue weighted by molar-refractivity contribution is 0.112. The van der Waals surface area contributed by atoms with Crippen LogP contribution < -0.4 is 4.90 Å². The molecule has 1 aromatic rings.